The van der Waals surface area contributed by atoms with Crippen LogP contribution in [0.2, 0.25) is 0 Å². The van der Waals surface area contributed by atoms with E-state index >= 15 is 0 Å². The molecule has 3 fully saturated rings. The Morgan fingerprint density at radius 1 is 1.14 bits per heavy atom. The Morgan fingerprint density at radius 3 is 2.83 bits per heavy atom. The predicted octanol–water partition coefficient (Wildman–Crippen LogP) is 3.98. The number of carbonyl (C=O) groups excluding carboxylic acids is 2. The third-order valence-electron chi connectivity index (χ3n) is 5.83. The number of nitrogens with one attached hydrogen (secondary N) is 1. The van der Waals surface area contributed by atoms with E-state index in [1.54, 1.807) is 4.90 Å². The Balaban J connectivity index is 1.16. The molecule has 1 atom stereocenters. The summed E-state index contributed by atoms with van der Waals surface area (Å²) < 4.78 is 8.50. The van der Waals surface area contributed by atoms with Crippen LogP contribution < -0.4 is 10.1 Å². The maximum Gasteiger partial charge on any atom is 0.324 e. The van der Waals surface area contributed by atoms with Crippen LogP contribution in [0.3, 0.4) is 0 Å². The Labute approximate surface area is 177 Å². The highest BCUT2D eigenvalue weighted by molar-refractivity contribution is 7.97. The van der Waals surface area contributed by atoms with Crippen molar-refractivity contribution in [2.75, 3.05) is 32.0 Å². The summed E-state index contributed by atoms with van der Waals surface area (Å²) in [6, 6.07) is 8.89. The second kappa shape index (κ2) is 9.85. The second-order valence-electron chi connectivity index (χ2n) is 8.29. The minimum Gasteiger partial charge on any atom is -0.493 e. The summed E-state index contributed by atoms with van der Waals surface area (Å²) in [5, 5.41) is 2.33. The first-order valence-electron chi connectivity index (χ1n) is 10.9. The average Bonchev–Trinajstić information content (AvgIpc) is 3.34. The predicted molar refractivity (Wildman–Crippen MR) is 115 cm³/mol. The first-order valence-corrected chi connectivity index (χ1v) is 11.8. The van der Waals surface area contributed by atoms with Crippen LogP contribution in [0.4, 0.5) is 4.79 Å². The molecule has 1 aliphatic carbocycles. The Hall–Kier alpha value is -1.73. The molecule has 2 heterocycles. The summed E-state index contributed by atoms with van der Waals surface area (Å²) in [5.41, 5.74) is 1.37. The number of carbonyl (C=O) groups is 2. The third kappa shape index (κ3) is 5.89. The van der Waals surface area contributed by atoms with Gasteiger partial charge < -0.3 is 9.64 Å². The standard InChI is InChI=1S/C22H31N3O3S/c26-21-15-24(22(27)23-21)11-2-1-3-13-29-25-12-5-8-20(25)18-6-4-7-19(14-18)28-16-17-9-10-17/h4,6-7,14,17,20H,1-3,5,8-13,15-16H2,(H,23,26,27). The molecule has 29 heavy (non-hydrogen) atoms. The lowest BCUT2D eigenvalue weighted by Gasteiger charge is -2.24. The molecule has 0 radical (unpaired) electrons. The highest BCUT2D eigenvalue weighted by atomic mass is 32.2. The van der Waals surface area contributed by atoms with E-state index in [1.807, 2.05) is 11.9 Å². The summed E-state index contributed by atoms with van der Waals surface area (Å²) in [6.07, 6.45) is 8.23. The maximum atomic E-state index is 11.5. The zero-order valence-corrected chi connectivity index (χ0v) is 17.8. The van der Waals surface area contributed by atoms with Gasteiger partial charge in [0.15, 0.2) is 0 Å². The fourth-order valence-corrected chi connectivity index (χ4v) is 5.20. The van der Waals surface area contributed by atoms with Crippen molar-refractivity contribution >= 4 is 23.9 Å². The van der Waals surface area contributed by atoms with Gasteiger partial charge in [-0.1, -0.05) is 30.5 Å². The molecule has 1 unspecified atom stereocenters. The van der Waals surface area contributed by atoms with Gasteiger partial charge in [0.1, 0.15) is 12.3 Å². The lowest BCUT2D eigenvalue weighted by atomic mass is 10.1. The molecule has 1 saturated carbocycles. The molecule has 2 aliphatic heterocycles. The van der Waals surface area contributed by atoms with Crippen molar-refractivity contribution in [2.45, 2.75) is 51.0 Å². The van der Waals surface area contributed by atoms with Gasteiger partial charge in [0.05, 0.1) is 6.61 Å². The summed E-state index contributed by atoms with van der Waals surface area (Å²) in [4.78, 5) is 24.3. The van der Waals surface area contributed by atoms with Crippen LogP contribution in [0, 0.1) is 5.92 Å². The van der Waals surface area contributed by atoms with Gasteiger partial charge in [-0.25, -0.2) is 9.10 Å². The van der Waals surface area contributed by atoms with Gasteiger partial charge in [-0.2, -0.15) is 0 Å². The number of amides is 3. The van der Waals surface area contributed by atoms with E-state index in [1.165, 1.54) is 31.2 Å². The van der Waals surface area contributed by atoms with Crippen LogP contribution in [0.15, 0.2) is 24.3 Å². The second-order valence-corrected chi connectivity index (χ2v) is 9.43. The Kier molecular flexibility index (Phi) is 6.98. The van der Waals surface area contributed by atoms with Gasteiger partial charge in [-0.05, 0) is 62.1 Å². The first kappa shape index (κ1) is 20.5. The number of nitrogens with zero attached hydrogens (tertiary/aromatic N) is 2. The van der Waals surface area contributed by atoms with E-state index in [0.717, 1.165) is 49.8 Å². The first-order chi connectivity index (χ1) is 14.2. The zero-order valence-electron chi connectivity index (χ0n) is 17.0. The summed E-state index contributed by atoms with van der Waals surface area (Å²) in [6.45, 7) is 2.88. The fraction of sp³-hybridized carbons (Fsp3) is 0.636. The molecule has 0 bridgehead atoms. The Morgan fingerprint density at radius 2 is 2.03 bits per heavy atom. The molecule has 0 spiro atoms. The number of unbranched alkanes of at least 4 members (excludes halogenated alkanes) is 2. The highest BCUT2D eigenvalue weighted by Gasteiger charge is 2.28. The van der Waals surface area contributed by atoms with Gasteiger partial charge in [-0.15, -0.1) is 0 Å². The van der Waals surface area contributed by atoms with Crippen molar-refractivity contribution in [3.63, 3.8) is 0 Å². The number of imide groups is 1. The molecule has 7 heteroatoms. The SMILES string of the molecule is O=C1CN(CCCCCSN2CCCC2c2cccc(OCC3CC3)c2)C(=O)N1. The van der Waals surface area contributed by atoms with Crippen LogP contribution in [-0.4, -0.2) is 53.1 Å². The number of urea groups is 1. The molecule has 158 valence electrons. The van der Waals surface area contributed by atoms with Crippen molar-refractivity contribution in [1.29, 1.82) is 0 Å². The van der Waals surface area contributed by atoms with Crippen LogP contribution in [0.25, 0.3) is 0 Å². The third-order valence-corrected chi connectivity index (χ3v) is 7.07. The monoisotopic (exact) mass is 417 g/mol. The van der Waals surface area contributed by atoms with E-state index < -0.39 is 0 Å². The molecule has 4 rings (SSSR count). The highest BCUT2D eigenvalue weighted by Crippen LogP contribution is 2.38. The molecule has 2 saturated heterocycles. The molecule has 6 nitrogen and oxygen atoms in total. The number of ether oxygens (including phenoxy) is 1. The quantitative estimate of drug-likeness (QED) is 0.335. The van der Waals surface area contributed by atoms with E-state index in [0.29, 0.717) is 12.6 Å². The lowest BCUT2D eigenvalue weighted by molar-refractivity contribution is -0.118. The van der Waals surface area contributed by atoms with E-state index in [2.05, 4.69) is 33.9 Å². The molecule has 3 amide bonds. The van der Waals surface area contributed by atoms with Crippen molar-refractivity contribution in [2.24, 2.45) is 5.92 Å². The van der Waals surface area contributed by atoms with E-state index in [4.69, 9.17) is 4.74 Å². The van der Waals surface area contributed by atoms with Gasteiger partial charge >= 0.3 is 6.03 Å². The number of hydrogen-bond donors (Lipinski definition) is 1. The molecule has 0 aromatic heterocycles. The van der Waals surface area contributed by atoms with Crippen LogP contribution in [0.1, 0.15) is 56.6 Å². The molecular formula is C22H31N3O3S. The van der Waals surface area contributed by atoms with Gasteiger partial charge in [0, 0.05) is 24.9 Å². The average molecular weight is 418 g/mol. The molecule has 1 N–H and O–H groups in total. The topological polar surface area (TPSA) is 61.9 Å². The molecular weight excluding hydrogens is 386 g/mol. The normalized spacial score (nSPS) is 22.3. The van der Waals surface area contributed by atoms with Crippen LogP contribution in [-0.2, 0) is 4.79 Å². The smallest absolute Gasteiger partial charge is 0.324 e. The lowest BCUT2D eigenvalue weighted by Crippen LogP contribution is -2.29. The molecule has 3 aliphatic rings. The van der Waals surface area contributed by atoms with Crippen molar-refractivity contribution < 1.29 is 14.3 Å². The number of hydrogen-bond acceptors (Lipinski definition) is 5. The summed E-state index contributed by atoms with van der Waals surface area (Å²) >= 11 is 1.95. The van der Waals surface area contributed by atoms with Gasteiger partial charge in [0.2, 0.25) is 5.91 Å². The Bertz CT molecular complexity index is 725. The van der Waals surface area contributed by atoms with Crippen LogP contribution in [0.5, 0.6) is 5.75 Å². The summed E-state index contributed by atoms with van der Waals surface area (Å²) in [7, 11) is 0. The van der Waals surface area contributed by atoms with E-state index in [-0.39, 0.29) is 18.5 Å². The minimum absolute atomic E-state index is 0.187. The zero-order chi connectivity index (χ0) is 20.1. The van der Waals surface area contributed by atoms with Crippen molar-refractivity contribution in [3.8, 4) is 5.75 Å². The molecule has 1 aromatic carbocycles. The van der Waals surface area contributed by atoms with Gasteiger partial charge in [-0.3, -0.25) is 10.1 Å². The van der Waals surface area contributed by atoms with E-state index in [9.17, 15) is 9.59 Å². The summed E-state index contributed by atoms with van der Waals surface area (Å²) in [5.74, 6) is 2.69. The number of benzene rings is 1. The largest absolute Gasteiger partial charge is 0.493 e. The van der Waals surface area contributed by atoms with Gasteiger partial charge in [0.25, 0.3) is 0 Å². The van der Waals surface area contributed by atoms with Crippen molar-refractivity contribution in [1.82, 2.24) is 14.5 Å². The fourth-order valence-electron chi connectivity index (χ4n) is 3.96. The van der Waals surface area contributed by atoms with Crippen molar-refractivity contribution in [3.05, 3.63) is 29.8 Å². The number of rotatable bonds is 11. The maximum absolute atomic E-state index is 11.5. The minimum atomic E-state index is -0.243. The van der Waals surface area contributed by atoms with Crippen LogP contribution >= 0.6 is 11.9 Å². The molecule has 1 aromatic rings.